The second kappa shape index (κ2) is 6.82. The van der Waals surface area contributed by atoms with E-state index in [-0.39, 0.29) is 11.8 Å². The van der Waals surface area contributed by atoms with E-state index in [1.165, 1.54) is 5.56 Å². The molecule has 0 bridgehead atoms. The number of hydrogen-bond acceptors (Lipinski definition) is 4. The number of amides is 1. The van der Waals surface area contributed by atoms with Crippen LogP contribution < -0.4 is 4.90 Å². The minimum Gasteiger partial charge on any atom is -0.339 e. The lowest BCUT2D eigenvalue weighted by atomic mass is 10.1. The minimum atomic E-state index is -0.122. The summed E-state index contributed by atoms with van der Waals surface area (Å²) in [4.78, 5) is 18.9. The molecule has 1 atom stereocenters. The van der Waals surface area contributed by atoms with Crippen LogP contribution in [-0.4, -0.2) is 22.6 Å². The third-order valence-electron chi connectivity index (χ3n) is 5.07. The number of hydrogen-bond donors (Lipinski definition) is 0. The summed E-state index contributed by atoms with van der Waals surface area (Å²) in [5, 5.41) is 4.79. The van der Waals surface area contributed by atoms with Crippen LogP contribution in [-0.2, 0) is 4.79 Å². The molecule has 2 aromatic carbocycles. The van der Waals surface area contributed by atoms with E-state index in [9.17, 15) is 4.79 Å². The summed E-state index contributed by atoms with van der Waals surface area (Å²) in [5.41, 5.74) is 4.97. The second-order valence-corrected chi connectivity index (χ2v) is 7.47. The smallest absolute Gasteiger partial charge is 0.232 e. The zero-order valence-electron chi connectivity index (χ0n) is 15.5. The second-order valence-electron chi connectivity index (χ2n) is 7.06. The molecule has 0 radical (unpaired) electrons. The number of aryl methyl sites for hydroxylation is 2. The predicted molar refractivity (Wildman–Crippen MR) is 105 cm³/mol. The van der Waals surface area contributed by atoms with Crippen molar-refractivity contribution in [2.24, 2.45) is 0 Å². The van der Waals surface area contributed by atoms with Gasteiger partial charge in [0.05, 0.1) is 5.92 Å². The van der Waals surface area contributed by atoms with Gasteiger partial charge >= 0.3 is 0 Å². The molecule has 1 saturated heterocycles. The molecule has 1 amide bonds. The zero-order chi connectivity index (χ0) is 19.1. The van der Waals surface area contributed by atoms with E-state index in [1.807, 2.05) is 44.2 Å². The first-order valence-corrected chi connectivity index (χ1v) is 9.28. The van der Waals surface area contributed by atoms with Gasteiger partial charge in [-0.3, -0.25) is 4.79 Å². The summed E-state index contributed by atoms with van der Waals surface area (Å²) in [5.74, 6) is 0.979. The first kappa shape index (κ1) is 17.7. The van der Waals surface area contributed by atoms with Crippen LogP contribution in [0.3, 0.4) is 0 Å². The number of benzene rings is 2. The highest BCUT2D eigenvalue weighted by atomic mass is 35.5. The van der Waals surface area contributed by atoms with Gasteiger partial charge in [0.2, 0.25) is 17.6 Å². The maximum atomic E-state index is 12.6. The van der Waals surface area contributed by atoms with E-state index in [0.29, 0.717) is 29.7 Å². The number of aromatic nitrogens is 2. The van der Waals surface area contributed by atoms with Crippen molar-refractivity contribution >= 4 is 23.2 Å². The third kappa shape index (κ3) is 3.23. The van der Waals surface area contributed by atoms with Gasteiger partial charge in [0.1, 0.15) is 0 Å². The molecule has 0 saturated carbocycles. The van der Waals surface area contributed by atoms with Crippen LogP contribution in [0.1, 0.15) is 34.9 Å². The summed E-state index contributed by atoms with van der Waals surface area (Å²) in [6, 6.07) is 11.7. The van der Waals surface area contributed by atoms with Crippen molar-refractivity contribution in [3.05, 3.63) is 64.0 Å². The Balaban J connectivity index is 1.60. The molecule has 3 aromatic rings. The Bertz CT molecular complexity index is 1030. The van der Waals surface area contributed by atoms with E-state index in [4.69, 9.17) is 16.1 Å². The van der Waals surface area contributed by atoms with Crippen LogP contribution in [0.4, 0.5) is 5.69 Å². The SMILES string of the molecule is Cc1ccc(-c2noc(C3CC(=O)N(c4cccc(Cl)c4C)C3)n2)c(C)c1. The minimum absolute atomic E-state index is 0.0385. The molecule has 0 N–H and O–H groups in total. The summed E-state index contributed by atoms with van der Waals surface area (Å²) in [6.07, 6.45) is 0.348. The first-order chi connectivity index (χ1) is 12.9. The fourth-order valence-electron chi connectivity index (χ4n) is 3.57. The van der Waals surface area contributed by atoms with Crippen molar-refractivity contribution in [3.8, 4) is 11.4 Å². The van der Waals surface area contributed by atoms with E-state index in [1.54, 1.807) is 4.90 Å². The van der Waals surface area contributed by atoms with Gasteiger partial charge in [-0.15, -0.1) is 0 Å². The fourth-order valence-corrected chi connectivity index (χ4v) is 3.74. The Morgan fingerprint density at radius 1 is 1.19 bits per heavy atom. The van der Waals surface area contributed by atoms with E-state index >= 15 is 0 Å². The fraction of sp³-hybridized carbons (Fsp3) is 0.286. The Kier molecular flexibility index (Phi) is 4.48. The number of nitrogens with zero attached hydrogens (tertiary/aromatic N) is 3. The molecule has 1 fully saturated rings. The molecule has 1 unspecified atom stereocenters. The van der Waals surface area contributed by atoms with Crippen LogP contribution in [0.15, 0.2) is 40.9 Å². The van der Waals surface area contributed by atoms with E-state index in [0.717, 1.165) is 22.4 Å². The zero-order valence-corrected chi connectivity index (χ0v) is 16.2. The highest BCUT2D eigenvalue weighted by Crippen LogP contribution is 2.35. The monoisotopic (exact) mass is 381 g/mol. The maximum Gasteiger partial charge on any atom is 0.232 e. The number of anilines is 1. The van der Waals surface area contributed by atoms with E-state index < -0.39 is 0 Å². The Labute approximate surface area is 163 Å². The molecule has 6 heteroatoms. The molecule has 4 rings (SSSR count). The van der Waals surface area contributed by atoms with Gasteiger partial charge in [-0.05, 0) is 44.0 Å². The summed E-state index contributed by atoms with van der Waals surface area (Å²) in [7, 11) is 0. The lowest BCUT2D eigenvalue weighted by molar-refractivity contribution is -0.117. The van der Waals surface area contributed by atoms with Crippen molar-refractivity contribution in [1.82, 2.24) is 10.1 Å². The van der Waals surface area contributed by atoms with Gasteiger partial charge in [0.15, 0.2) is 0 Å². The van der Waals surface area contributed by atoms with Crippen molar-refractivity contribution in [2.75, 3.05) is 11.4 Å². The number of halogens is 1. The molecule has 0 aliphatic carbocycles. The number of rotatable bonds is 3. The largest absolute Gasteiger partial charge is 0.339 e. The van der Waals surface area contributed by atoms with Gasteiger partial charge < -0.3 is 9.42 Å². The summed E-state index contributed by atoms with van der Waals surface area (Å²) in [6.45, 7) is 6.51. The highest BCUT2D eigenvalue weighted by Gasteiger charge is 2.36. The standard InChI is InChI=1S/C21H20ClN3O2/c1-12-7-8-16(13(2)9-12)20-23-21(27-24-20)15-10-19(26)25(11-15)18-6-4-5-17(22)14(18)3/h4-9,15H,10-11H2,1-3H3. The molecule has 138 valence electrons. The Morgan fingerprint density at radius 2 is 2.00 bits per heavy atom. The van der Waals surface area contributed by atoms with Gasteiger partial charge in [0.25, 0.3) is 0 Å². The average Bonchev–Trinajstić information content (AvgIpc) is 3.24. The summed E-state index contributed by atoms with van der Waals surface area (Å²) < 4.78 is 5.51. The normalized spacial score (nSPS) is 17.0. The van der Waals surface area contributed by atoms with Gasteiger partial charge in [0, 0.05) is 29.2 Å². The van der Waals surface area contributed by atoms with Crippen molar-refractivity contribution in [1.29, 1.82) is 0 Å². The topological polar surface area (TPSA) is 59.2 Å². The predicted octanol–water partition coefficient (Wildman–Crippen LogP) is 4.84. The molecule has 2 heterocycles. The molecule has 1 aromatic heterocycles. The summed E-state index contributed by atoms with van der Waals surface area (Å²) >= 11 is 6.21. The van der Waals surface area contributed by atoms with Crippen molar-refractivity contribution in [3.63, 3.8) is 0 Å². The van der Waals surface area contributed by atoms with Crippen LogP contribution in [0, 0.1) is 20.8 Å². The third-order valence-corrected chi connectivity index (χ3v) is 5.48. The van der Waals surface area contributed by atoms with Crippen molar-refractivity contribution < 1.29 is 9.32 Å². The molecule has 5 nitrogen and oxygen atoms in total. The molecule has 1 aliphatic rings. The lowest BCUT2D eigenvalue weighted by Gasteiger charge is -2.19. The number of carbonyl (C=O) groups excluding carboxylic acids is 1. The quantitative estimate of drug-likeness (QED) is 0.651. The first-order valence-electron chi connectivity index (χ1n) is 8.90. The van der Waals surface area contributed by atoms with E-state index in [2.05, 4.69) is 23.1 Å². The number of carbonyl (C=O) groups is 1. The van der Waals surface area contributed by atoms with Gasteiger partial charge in [-0.1, -0.05) is 46.6 Å². The maximum absolute atomic E-state index is 12.6. The molecule has 1 aliphatic heterocycles. The Hall–Kier alpha value is -2.66. The molecule has 0 spiro atoms. The van der Waals surface area contributed by atoms with Crippen molar-refractivity contribution in [2.45, 2.75) is 33.1 Å². The van der Waals surface area contributed by atoms with Crippen LogP contribution >= 0.6 is 11.6 Å². The van der Waals surface area contributed by atoms with Gasteiger partial charge in [-0.2, -0.15) is 4.98 Å². The highest BCUT2D eigenvalue weighted by molar-refractivity contribution is 6.31. The van der Waals surface area contributed by atoms with Crippen LogP contribution in [0.5, 0.6) is 0 Å². The molecular formula is C21H20ClN3O2. The average molecular weight is 382 g/mol. The Morgan fingerprint density at radius 3 is 2.78 bits per heavy atom. The van der Waals surface area contributed by atoms with Crippen LogP contribution in [0.2, 0.25) is 5.02 Å². The molecule has 27 heavy (non-hydrogen) atoms. The van der Waals surface area contributed by atoms with Crippen LogP contribution in [0.25, 0.3) is 11.4 Å². The lowest BCUT2D eigenvalue weighted by Crippen LogP contribution is -2.25. The molecular weight excluding hydrogens is 362 g/mol. The van der Waals surface area contributed by atoms with Gasteiger partial charge in [-0.25, -0.2) is 0 Å².